The molecule has 1 aromatic carbocycles. The molecule has 0 N–H and O–H groups in total. The van der Waals surface area contributed by atoms with E-state index >= 15 is 0 Å². The summed E-state index contributed by atoms with van der Waals surface area (Å²) in [6.45, 7) is 0.981. The minimum Gasteiger partial charge on any atom is -0.363 e. The van der Waals surface area contributed by atoms with Crippen LogP contribution in [-0.2, 0) is 10.0 Å². The van der Waals surface area contributed by atoms with Gasteiger partial charge >= 0.3 is 0 Å². The van der Waals surface area contributed by atoms with Crippen molar-refractivity contribution in [3.05, 3.63) is 50.0 Å². The summed E-state index contributed by atoms with van der Waals surface area (Å²) in [5.74, 6) is -0.681. The van der Waals surface area contributed by atoms with Crippen LogP contribution in [0.25, 0.3) is 0 Å². The van der Waals surface area contributed by atoms with Gasteiger partial charge in [0.25, 0.3) is 15.7 Å². The highest BCUT2D eigenvalue weighted by atomic mass is 79.9. The maximum Gasteiger partial charge on any atom is 0.295 e. The molecule has 1 aromatic heterocycles. The van der Waals surface area contributed by atoms with Gasteiger partial charge in [-0.15, -0.1) is 11.3 Å². The summed E-state index contributed by atoms with van der Waals surface area (Å²) in [5, 5.41) is 11.1. The molecular formula is C14H13BrFN3O4S2. The number of hydrogen-bond donors (Lipinski definition) is 0. The standard InChI is InChI=1S/C14H13BrFN3O4S2/c15-13-3-4-14(24-13)25(22,23)18-7-5-17(6-8-18)11-2-1-10(16)9-12(11)19(20)21/h1-4,9H,5-8H2. The fourth-order valence-corrected chi connectivity index (χ4v) is 6.23. The predicted octanol–water partition coefficient (Wildman–Crippen LogP) is 3.07. The van der Waals surface area contributed by atoms with Crippen LogP contribution in [0, 0.1) is 15.9 Å². The van der Waals surface area contributed by atoms with Crippen LogP contribution in [-0.4, -0.2) is 43.8 Å². The first-order chi connectivity index (χ1) is 11.8. The van der Waals surface area contributed by atoms with E-state index in [9.17, 15) is 22.9 Å². The van der Waals surface area contributed by atoms with Crippen molar-refractivity contribution in [3.8, 4) is 0 Å². The lowest BCUT2D eigenvalue weighted by Crippen LogP contribution is -2.48. The number of thiophene rings is 1. The highest BCUT2D eigenvalue weighted by Gasteiger charge is 2.31. The summed E-state index contributed by atoms with van der Waals surface area (Å²) in [6.07, 6.45) is 0. The van der Waals surface area contributed by atoms with Gasteiger partial charge in [-0.25, -0.2) is 12.8 Å². The molecule has 2 heterocycles. The topological polar surface area (TPSA) is 83.8 Å². The van der Waals surface area contributed by atoms with Crippen LogP contribution >= 0.6 is 27.3 Å². The highest BCUT2D eigenvalue weighted by molar-refractivity contribution is 9.11. The summed E-state index contributed by atoms with van der Waals surface area (Å²) in [7, 11) is -3.58. The van der Waals surface area contributed by atoms with Crippen molar-refractivity contribution in [3.63, 3.8) is 0 Å². The maximum absolute atomic E-state index is 13.3. The molecule has 0 unspecified atom stereocenters. The third-order valence-corrected chi connectivity index (χ3v) is 7.85. The fourth-order valence-electron chi connectivity index (χ4n) is 2.64. The van der Waals surface area contributed by atoms with E-state index in [0.29, 0.717) is 5.69 Å². The molecule has 0 radical (unpaired) electrons. The average molecular weight is 450 g/mol. The molecule has 11 heteroatoms. The van der Waals surface area contributed by atoms with Crippen LogP contribution in [0.3, 0.4) is 0 Å². The molecule has 0 atom stereocenters. The molecule has 2 aromatic rings. The normalized spacial score (nSPS) is 16.2. The van der Waals surface area contributed by atoms with Gasteiger partial charge in [0.1, 0.15) is 15.7 Å². The molecule has 134 valence electrons. The van der Waals surface area contributed by atoms with E-state index in [0.717, 1.165) is 27.3 Å². The second kappa shape index (κ2) is 6.98. The van der Waals surface area contributed by atoms with Crippen LogP contribution in [0.15, 0.2) is 38.3 Å². The van der Waals surface area contributed by atoms with Crippen molar-refractivity contribution in [1.29, 1.82) is 0 Å². The van der Waals surface area contributed by atoms with E-state index in [2.05, 4.69) is 15.9 Å². The van der Waals surface area contributed by atoms with E-state index in [1.165, 1.54) is 10.4 Å². The number of rotatable bonds is 4. The summed E-state index contributed by atoms with van der Waals surface area (Å²) >= 11 is 4.38. The van der Waals surface area contributed by atoms with Crippen LogP contribution in [0.5, 0.6) is 0 Å². The molecule has 7 nitrogen and oxygen atoms in total. The highest BCUT2D eigenvalue weighted by Crippen LogP contribution is 2.32. The number of nitrogens with zero attached hydrogens (tertiary/aromatic N) is 3. The summed E-state index contributed by atoms with van der Waals surface area (Å²) in [6, 6.07) is 6.61. The van der Waals surface area contributed by atoms with Crippen molar-refractivity contribution in [2.75, 3.05) is 31.1 Å². The van der Waals surface area contributed by atoms with Gasteiger partial charge in [0, 0.05) is 26.2 Å². The molecule has 0 aliphatic carbocycles. The smallest absolute Gasteiger partial charge is 0.295 e. The number of piperazine rings is 1. The first kappa shape index (κ1) is 18.2. The Hall–Kier alpha value is -1.56. The van der Waals surface area contributed by atoms with Gasteiger partial charge in [-0.3, -0.25) is 10.1 Å². The molecule has 1 saturated heterocycles. The molecule has 25 heavy (non-hydrogen) atoms. The van der Waals surface area contributed by atoms with Crippen molar-refractivity contribution < 1.29 is 17.7 Å². The first-order valence-corrected chi connectivity index (χ1v) is 10.3. The summed E-state index contributed by atoms with van der Waals surface area (Å²) in [4.78, 5) is 12.2. The van der Waals surface area contributed by atoms with Gasteiger partial charge in [-0.2, -0.15) is 4.31 Å². The Bertz CT molecular complexity index is 911. The largest absolute Gasteiger partial charge is 0.363 e. The molecule has 1 fully saturated rings. The van der Waals surface area contributed by atoms with E-state index < -0.39 is 20.8 Å². The summed E-state index contributed by atoms with van der Waals surface area (Å²) in [5.41, 5.74) is -0.0270. The molecular weight excluding hydrogens is 437 g/mol. The van der Waals surface area contributed by atoms with Crippen molar-refractivity contribution in [2.24, 2.45) is 0 Å². The second-order valence-corrected chi connectivity index (χ2v) is 9.97. The van der Waals surface area contributed by atoms with Crippen LogP contribution in [0.1, 0.15) is 0 Å². The lowest BCUT2D eigenvalue weighted by molar-refractivity contribution is -0.384. The minimum absolute atomic E-state index is 0.201. The Labute approximate surface area is 156 Å². The third-order valence-electron chi connectivity index (χ3n) is 3.86. The zero-order valence-electron chi connectivity index (χ0n) is 12.8. The Balaban J connectivity index is 1.78. The average Bonchev–Trinajstić information content (AvgIpc) is 3.02. The Morgan fingerprint density at radius 3 is 2.40 bits per heavy atom. The molecule has 1 aliphatic rings. The van der Waals surface area contributed by atoms with Gasteiger partial charge in [-0.1, -0.05) is 0 Å². The molecule has 0 saturated carbocycles. The van der Waals surface area contributed by atoms with Gasteiger partial charge in [0.05, 0.1) is 14.8 Å². The van der Waals surface area contributed by atoms with E-state index in [4.69, 9.17) is 0 Å². The van der Waals surface area contributed by atoms with Gasteiger partial charge < -0.3 is 4.90 Å². The Kier molecular flexibility index (Phi) is 5.09. The van der Waals surface area contributed by atoms with Gasteiger partial charge in [-0.05, 0) is 40.2 Å². The SMILES string of the molecule is O=[N+]([O-])c1cc(F)ccc1N1CCN(S(=O)(=O)c2ccc(Br)s2)CC1. The van der Waals surface area contributed by atoms with Crippen molar-refractivity contribution >= 4 is 48.7 Å². The predicted molar refractivity (Wildman–Crippen MR) is 96.0 cm³/mol. The number of benzene rings is 1. The molecule has 0 spiro atoms. The third kappa shape index (κ3) is 3.68. The number of halogens is 2. The molecule has 0 bridgehead atoms. The number of sulfonamides is 1. The van der Waals surface area contributed by atoms with Gasteiger partial charge in [0.2, 0.25) is 0 Å². The zero-order chi connectivity index (χ0) is 18.2. The van der Waals surface area contributed by atoms with E-state index in [-0.39, 0.29) is 36.1 Å². The monoisotopic (exact) mass is 449 g/mol. The number of anilines is 1. The lowest BCUT2D eigenvalue weighted by Gasteiger charge is -2.34. The van der Waals surface area contributed by atoms with Crippen LogP contribution in [0.4, 0.5) is 15.8 Å². The van der Waals surface area contributed by atoms with E-state index in [1.807, 2.05) is 0 Å². The quantitative estimate of drug-likeness (QED) is 0.528. The lowest BCUT2D eigenvalue weighted by atomic mass is 10.2. The van der Waals surface area contributed by atoms with Crippen molar-refractivity contribution in [2.45, 2.75) is 4.21 Å². The van der Waals surface area contributed by atoms with Gasteiger partial charge in [0.15, 0.2) is 0 Å². The number of nitro benzene ring substituents is 1. The second-order valence-electron chi connectivity index (χ2n) is 5.34. The number of nitro groups is 1. The molecule has 0 amide bonds. The summed E-state index contributed by atoms with van der Waals surface area (Å²) < 4.78 is 40.8. The first-order valence-electron chi connectivity index (χ1n) is 7.23. The Morgan fingerprint density at radius 2 is 1.84 bits per heavy atom. The maximum atomic E-state index is 13.3. The minimum atomic E-state index is -3.58. The van der Waals surface area contributed by atoms with E-state index in [1.54, 1.807) is 17.0 Å². The molecule has 1 aliphatic heterocycles. The fraction of sp³-hybridized carbons (Fsp3) is 0.286. The zero-order valence-corrected chi connectivity index (χ0v) is 16.0. The van der Waals surface area contributed by atoms with Crippen LogP contribution < -0.4 is 4.90 Å². The molecule has 3 rings (SSSR count). The van der Waals surface area contributed by atoms with Crippen LogP contribution in [0.2, 0.25) is 0 Å². The number of hydrogen-bond acceptors (Lipinski definition) is 6. The Morgan fingerprint density at radius 1 is 1.16 bits per heavy atom. The van der Waals surface area contributed by atoms with Crippen molar-refractivity contribution in [1.82, 2.24) is 4.31 Å².